The van der Waals surface area contributed by atoms with Gasteiger partial charge >= 0.3 is 5.97 Å². The summed E-state index contributed by atoms with van der Waals surface area (Å²) in [5, 5.41) is 13.4. The van der Waals surface area contributed by atoms with Crippen LogP contribution in [0.15, 0.2) is 21.5 Å². The molecule has 82 valence electrons. The van der Waals surface area contributed by atoms with Crippen LogP contribution in [0.3, 0.4) is 0 Å². The molecular formula is C7H5BrFNO4S. The van der Waals surface area contributed by atoms with Crippen LogP contribution in [0.1, 0.15) is 10.4 Å². The number of carboxylic acids is 1. The first-order chi connectivity index (χ1) is 6.73. The van der Waals surface area contributed by atoms with Gasteiger partial charge in [0.1, 0.15) is 0 Å². The molecule has 0 aliphatic heterocycles. The van der Waals surface area contributed by atoms with E-state index < -0.39 is 32.3 Å². The van der Waals surface area contributed by atoms with E-state index in [9.17, 15) is 17.6 Å². The van der Waals surface area contributed by atoms with Gasteiger partial charge in [-0.2, -0.15) is 0 Å². The largest absolute Gasteiger partial charge is 0.478 e. The third kappa shape index (κ3) is 2.52. The molecule has 0 aliphatic carbocycles. The molecule has 0 amide bonds. The number of halogens is 2. The predicted octanol–water partition coefficient (Wildman–Crippen LogP) is 0.934. The van der Waals surface area contributed by atoms with Crippen molar-refractivity contribution in [2.24, 2.45) is 5.14 Å². The highest BCUT2D eigenvalue weighted by Crippen LogP contribution is 2.23. The number of carboxylic acid groups (broad SMARTS) is 1. The summed E-state index contributed by atoms with van der Waals surface area (Å²) in [5.41, 5.74) is -0.756. The van der Waals surface area contributed by atoms with E-state index in [4.69, 9.17) is 10.2 Å². The van der Waals surface area contributed by atoms with E-state index in [-0.39, 0.29) is 4.47 Å². The number of sulfonamides is 1. The number of benzene rings is 1. The van der Waals surface area contributed by atoms with Crippen LogP contribution in [0.25, 0.3) is 0 Å². The average Bonchev–Trinajstić information content (AvgIpc) is 2.06. The minimum absolute atomic E-state index is 0.272. The summed E-state index contributed by atoms with van der Waals surface area (Å²) in [7, 11) is -4.06. The summed E-state index contributed by atoms with van der Waals surface area (Å²) >= 11 is 2.70. The van der Waals surface area contributed by atoms with Crippen LogP contribution in [-0.4, -0.2) is 19.5 Å². The fourth-order valence-electron chi connectivity index (χ4n) is 0.884. The molecule has 0 aliphatic rings. The molecule has 1 aromatic carbocycles. The van der Waals surface area contributed by atoms with Gasteiger partial charge in [-0.05, 0) is 28.1 Å². The van der Waals surface area contributed by atoms with E-state index in [1.807, 2.05) is 0 Å². The van der Waals surface area contributed by atoms with Crippen LogP contribution < -0.4 is 5.14 Å². The highest BCUT2D eigenvalue weighted by atomic mass is 79.9. The van der Waals surface area contributed by atoms with Crippen molar-refractivity contribution >= 4 is 31.9 Å². The lowest BCUT2D eigenvalue weighted by Crippen LogP contribution is -2.14. The number of hydrogen-bond acceptors (Lipinski definition) is 3. The number of hydrogen-bond donors (Lipinski definition) is 2. The SMILES string of the molecule is NS(=O)(=O)c1cc(Br)c(F)c(C(=O)O)c1. The number of primary sulfonamides is 1. The molecular weight excluding hydrogens is 293 g/mol. The zero-order chi connectivity index (χ0) is 11.8. The van der Waals surface area contributed by atoms with Crippen molar-refractivity contribution in [3.8, 4) is 0 Å². The van der Waals surface area contributed by atoms with Gasteiger partial charge in [-0.3, -0.25) is 0 Å². The Morgan fingerprint density at radius 3 is 2.40 bits per heavy atom. The van der Waals surface area contributed by atoms with Crippen molar-refractivity contribution in [3.05, 3.63) is 28.0 Å². The number of rotatable bonds is 2. The first-order valence-corrected chi connectivity index (χ1v) is 5.82. The van der Waals surface area contributed by atoms with Crippen molar-refractivity contribution in [3.63, 3.8) is 0 Å². The molecule has 1 rings (SSSR count). The zero-order valence-corrected chi connectivity index (χ0v) is 9.47. The summed E-state index contributed by atoms with van der Waals surface area (Å²) < 4.78 is 34.7. The van der Waals surface area contributed by atoms with E-state index in [0.717, 1.165) is 6.07 Å². The maximum absolute atomic E-state index is 13.2. The van der Waals surface area contributed by atoms with Crippen molar-refractivity contribution in [2.75, 3.05) is 0 Å². The Hall–Kier alpha value is -0.990. The summed E-state index contributed by atoms with van der Waals surface area (Å²) in [6.07, 6.45) is 0. The first kappa shape index (κ1) is 12.1. The summed E-state index contributed by atoms with van der Waals surface area (Å²) in [5.74, 6) is -2.62. The summed E-state index contributed by atoms with van der Waals surface area (Å²) in [6.45, 7) is 0. The average molecular weight is 298 g/mol. The molecule has 5 nitrogen and oxygen atoms in total. The Bertz CT molecular complexity index is 528. The molecule has 0 spiro atoms. The maximum Gasteiger partial charge on any atom is 0.338 e. The summed E-state index contributed by atoms with van der Waals surface area (Å²) in [4.78, 5) is 10.1. The second-order valence-corrected chi connectivity index (χ2v) is 5.03. The van der Waals surface area contributed by atoms with Crippen LogP contribution >= 0.6 is 15.9 Å². The first-order valence-electron chi connectivity index (χ1n) is 3.48. The highest BCUT2D eigenvalue weighted by Gasteiger charge is 2.19. The van der Waals surface area contributed by atoms with Crippen LogP contribution in [0.4, 0.5) is 4.39 Å². The van der Waals surface area contributed by atoms with Crippen molar-refractivity contribution < 1.29 is 22.7 Å². The Morgan fingerprint density at radius 2 is 2.00 bits per heavy atom. The molecule has 0 saturated heterocycles. The van der Waals surface area contributed by atoms with E-state index in [1.165, 1.54) is 0 Å². The second kappa shape index (κ2) is 3.87. The monoisotopic (exact) mass is 297 g/mol. The van der Waals surface area contributed by atoms with Crippen LogP contribution in [0.5, 0.6) is 0 Å². The van der Waals surface area contributed by atoms with E-state index in [1.54, 1.807) is 0 Å². The van der Waals surface area contributed by atoms with Gasteiger partial charge in [0.15, 0.2) is 5.82 Å². The van der Waals surface area contributed by atoms with Crippen LogP contribution in [0, 0.1) is 5.82 Å². The number of carbonyl (C=O) groups is 1. The third-order valence-corrected chi connectivity index (χ3v) is 3.03. The fraction of sp³-hybridized carbons (Fsp3) is 0. The summed E-state index contributed by atoms with van der Waals surface area (Å²) in [6, 6.07) is 1.56. The Labute approximate surface area is 92.9 Å². The highest BCUT2D eigenvalue weighted by molar-refractivity contribution is 9.10. The van der Waals surface area contributed by atoms with E-state index >= 15 is 0 Å². The molecule has 1 aromatic rings. The molecule has 8 heteroatoms. The molecule has 0 atom stereocenters. The van der Waals surface area contributed by atoms with Gasteiger partial charge in [0.05, 0.1) is 14.9 Å². The Morgan fingerprint density at radius 1 is 1.47 bits per heavy atom. The maximum atomic E-state index is 13.2. The van der Waals surface area contributed by atoms with E-state index in [2.05, 4.69) is 15.9 Å². The van der Waals surface area contributed by atoms with Crippen molar-refractivity contribution in [1.82, 2.24) is 0 Å². The molecule has 0 unspecified atom stereocenters. The molecule has 15 heavy (non-hydrogen) atoms. The van der Waals surface area contributed by atoms with Gasteiger partial charge in [0.2, 0.25) is 10.0 Å². The number of aromatic carboxylic acids is 1. The van der Waals surface area contributed by atoms with Gasteiger partial charge in [-0.1, -0.05) is 0 Å². The lowest BCUT2D eigenvalue weighted by Gasteiger charge is -2.03. The predicted molar refractivity (Wildman–Crippen MR) is 52.4 cm³/mol. The van der Waals surface area contributed by atoms with Gasteiger partial charge in [0.25, 0.3) is 0 Å². The van der Waals surface area contributed by atoms with Gasteiger partial charge in [-0.15, -0.1) is 0 Å². The normalized spacial score (nSPS) is 11.4. The lowest BCUT2D eigenvalue weighted by molar-refractivity contribution is 0.0691. The van der Waals surface area contributed by atoms with Crippen molar-refractivity contribution in [2.45, 2.75) is 4.90 Å². The molecule has 0 saturated carbocycles. The standard InChI is InChI=1S/C7H5BrFNO4S/c8-5-2-3(15(10,13)14)1-4(6(5)9)7(11)12/h1-2H,(H,11,12)(H2,10,13,14). The quantitative estimate of drug-likeness (QED) is 0.848. The van der Waals surface area contributed by atoms with Gasteiger partial charge in [0, 0.05) is 0 Å². The molecule has 0 bridgehead atoms. The van der Waals surface area contributed by atoms with E-state index in [0.29, 0.717) is 6.07 Å². The number of nitrogens with two attached hydrogens (primary N) is 1. The zero-order valence-electron chi connectivity index (χ0n) is 7.07. The lowest BCUT2D eigenvalue weighted by atomic mass is 10.2. The Kier molecular flexibility index (Phi) is 3.12. The third-order valence-electron chi connectivity index (χ3n) is 1.56. The van der Waals surface area contributed by atoms with Crippen molar-refractivity contribution in [1.29, 1.82) is 0 Å². The smallest absolute Gasteiger partial charge is 0.338 e. The minimum Gasteiger partial charge on any atom is -0.478 e. The van der Waals surface area contributed by atoms with Gasteiger partial charge in [-0.25, -0.2) is 22.7 Å². The van der Waals surface area contributed by atoms with Crippen LogP contribution in [0.2, 0.25) is 0 Å². The Balaban J connectivity index is 3.57. The molecule has 0 radical (unpaired) electrons. The molecule has 0 fully saturated rings. The molecule has 0 heterocycles. The molecule has 0 aromatic heterocycles. The fourth-order valence-corrected chi connectivity index (χ4v) is 2.06. The minimum atomic E-state index is -4.06. The topological polar surface area (TPSA) is 97.5 Å². The van der Waals surface area contributed by atoms with Crippen LogP contribution in [-0.2, 0) is 10.0 Å². The molecule has 3 N–H and O–H groups in total. The van der Waals surface area contributed by atoms with Gasteiger partial charge < -0.3 is 5.11 Å². The second-order valence-electron chi connectivity index (χ2n) is 2.62.